The molecule has 0 amide bonds. The molecule has 100 valence electrons. The van der Waals surface area contributed by atoms with Gasteiger partial charge in [-0.25, -0.2) is 4.98 Å². The normalized spacial score (nSPS) is 10.9. The first kappa shape index (κ1) is 13.0. The van der Waals surface area contributed by atoms with Gasteiger partial charge in [0.2, 0.25) is 0 Å². The molecule has 2 heterocycles. The van der Waals surface area contributed by atoms with Gasteiger partial charge in [-0.3, -0.25) is 4.79 Å². The van der Waals surface area contributed by atoms with Crippen LogP contribution in [0, 0.1) is 0 Å². The molecule has 3 rings (SSSR count). The topological polar surface area (TPSA) is 66.0 Å². The fraction of sp³-hybridized carbons (Fsp3) is 0. The van der Waals surface area contributed by atoms with Gasteiger partial charge in [0.25, 0.3) is 5.56 Å². The molecule has 1 aromatic carbocycles. The maximum absolute atomic E-state index is 12.2. The predicted molar refractivity (Wildman–Crippen MR) is 79.5 cm³/mol. The molecule has 0 unspecified atom stereocenters. The van der Waals surface area contributed by atoms with Gasteiger partial charge >= 0.3 is 0 Å². The first-order chi connectivity index (χ1) is 9.58. The summed E-state index contributed by atoms with van der Waals surface area (Å²) in [6.07, 6.45) is 1.40. The first-order valence-electron chi connectivity index (χ1n) is 5.73. The van der Waals surface area contributed by atoms with Crippen LogP contribution >= 0.6 is 23.2 Å². The smallest absolute Gasteiger partial charge is 0.260 e. The molecule has 3 aromatic rings. The highest BCUT2D eigenvalue weighted by Gasteiger charge is 2.16. The Bertz CT molecular complexity index is 875. The largest absolute Gasteiger partial charge is 0.505 e. The Kier molecular flexibility index (Phi) is 3.12. The standard InChI is InChI=1S/C14H8Cl2N2O2/c15-7-5-10-12(17-6-7)13(19)11(14(20)18-10)8-3-1-2-4-9(8)16/h1-6H,(H2,18,19,20). The Morgan fingerprint density at radius 1 is 1.20 bits per heavy atom. The van der Waals surface area contributed by atoms with Gasteiger partial charge in [0.05, 0.1) is 16.1 Å². The third-order valence-corrected chi connectivity index (χ3v) is 3.47. The summed E-state index contributed by atoms with van der Waals surface area (Å²) < 4.78 is 0. The number of halogens is 2. The zero-order valence-corrected chi connectivity index (χ0v) is 11.5. The fourth-order valence-electron chi connectivity index (χ4n) is 2.05. The molecule has 0 atom stereocenters. The maximum Gasteiger partial charge on any atom is 0.260 e. The van der Waals surface area contributed by atoms with E-state index >= 15 is 0 Å². The summed E-state index contributed by atoms with van der Waals surface area (Å²) in [7, 11) is 0. The van der Waals surface area contributed by atoms with Gasteiger partial charge in [-0.15, -0.1) is 0 Å². The number of aromatic amines is 1. The predicted octanol–water partition coefficient (Wildman–Crippen LogP) is 3.60. The van der Waals surface area contributed by atoms with Crippen molar-refractivity contribution in [2.45, 2.75) is 0 Å². The number of benzene rings is 1. The van der Waals surface area contributed by atoms with Crippen LogP contribution in [0.5, 0.6) is 5.75 Å². The number of aromatic nitrogens is 2. The lowest BCUT2D eigenvalue weighted by molar-refractivity contribution is 0.481. The van der Waals surface area contributed by atoms with Crippen LogP contribution in [-0.2, 0) is 0 Å². The van der Waals surface area contributed by atoms with Crippen LogP contribution in [0.1, 0.15) is 0 Å². The van der Waals surface area contributed by atoms with Gasteiger partial charge in [-0.2, -0.15) is 0 Å². The second-order valence-corrected chi connectivity index (χ2v) is 5.05. The molecule has 0 saturated heterocycles. The summed E-state index contributed by atoms with van der Waals surface area (Å²) in [5.74, 6) is -0.214. The van der Waals surface area contributed by atoms with Crippen molar-refractivity contribution in [1.29, 1.82) is 0 Å². The van der Waals surface area contributed by atoms with Crippen molar-refractivity contribution < 1.29 is 5.11 Å². The minimum atomic E-state index is -0.452. The van der Waals surface area contributed by atoms with E-state index in [9.17, 15) is 9.90 Å². The lowest BCUT2D eigenvalue weighted by Crippen LogP contribution is -2.10. The van der Waals surface area contributed by atoms with E-state index in [4.69, 9.17) is 23.2 Å². The van der Waals surface area contributed by atoms with Crippen LogP contribution in [-0.4, -0.2) is 15.1 Å². The average molecular weight is 307 g/mol. The van der Waals surface area contributed by atoms with Crippen molar-refractivity contribution in [2.75, 3.05) is 0 Å². The quantitative estimate of drug-likeness (QED) is 0.722. The summed E-state index contributed by atoms with van der Waals surface area (Å²) in [5, 5.41) is 11.1. The maximum atomic E-state index is 12.2. The highest BCUT2D eigenvalue weighted by atomic mass is 35.5. The molecule has 0 radical (unpaired) electrons. The molecule has 0 bridgehead atoms. The number of nitrogens with one attached hydrogen (secondary N) is 1. The monoisotopic (exact) mass is 306 g/mol. The van der Waals surface area contributed by atoms with Gasteiger partial charge in [-0.1, -0.05) is 41.4 Å². The molecule has 0 spiro atoms. The molecule has 0 aliphatic carbocycles. The van der Waals surface area contributed by atoms with Crippen LogP contribution in [0.4, 0.5) is 0 Å². The van der Waals surface area contributed by atoms with E-state index in [1.165, 1.54) is 12.3 Å². The lowest BCUT2D eigenvalue weighted by atomic mass is 10.1. The van der Waals surface area contributed by atoms with Gasteiger partial charge < -0.3 is 10.1 Å². The van der Waals surface area contributed by atoms with Gasteiger partial charge in [-0.05, 0) is 12.1 Å². The van der Waals surface area contributed by atoms with Crippen LogP contribution < -0.4 is 5.56 Å². The molecule has 2 aromatic heterocycles. The van der Waals surface area contributed by atoms with E-state index in [1.54, 1.807) is 24.3 Å². The number of fused-ring (bicyclic) bond motifs is 1. The molecular weight excluding hydrogens is 299 g/mol. The Morgan fingerprint density at radius 3 is 2.70 bits per heavy atom. The number of rotatable bonds is 1. The molecule has 0 fully saturated rings. The number of pyridine rings is 2. The van der Waals surface area contributed by atoms with Gasteiger partial charge in [0.15, 0.2) is 5.75 Å². The van der Waals surface area contributed by atoms with Crippen LogP contribution in [0.15, 0.2) is 41.3 Å². The van der Waals surface area contributed by atoms with Crippen molar-refractivity contribution in [2.24, 2.45) is 0 Å². The van der Waals surface area contributed by atoms with Crippen LogP contribution in [0.2, 0.25) is 10.0 Å². The number of hydrogen-bond acceptors (Lipinski definition) is 3. The molecule has 0 saturated carbocycles. The Hall–Kier alpha value is -2.04. The van der Waals surface area contributed by atoms with E-state index in [0.717, 1.165) is 0 Å². The van der Waals surface area contributed by atoms with E-state index in [2.05, 4.69) is 9.97 Å². The Labute approximate surface area is 123 Å². The summed E-state index contributed by atoms with van der Waals surface area (Å²) in [6.45, 7) is 0. The van der Waals surface area contributed by atoms with Crippen molar-refractivity contribution in [3.8, 4) is 16.9 Å². The van der Waals surface area contributed by atoms with Crippen molar-refractivity contribution >= 4 is 34.2 Å². The summed E-state index contributed by atoms with van der Waals surface area (Å²) in [6, 6.07) is 8.32. The van der Waals surface area contributed by atoms with Crippen molar-refractivity contribution in [3.05, 3.63) is 56.9 Å². The highest BCUT2D eigenvalue weighted by Crippen LogP contribution is 2.34. The van der Waals surface area contributed by atoms with E-state index in [-0.39, 0.29) is 16.8 Å². The number of hydrogen-bond donors (Lipinski definition) is 2. The minimum absolute atomic E-state index is 0.0953. The van der Waals surface area contributed by atoms with Crippen LogP contribution in [0.3, 0.4) is 0 Å². The van der Waals surface area contributed by atoms with E-state index < -0.39 is 5.56 Å². The zero-order valence-electron chi connectivity index (χ0n) is 10.0. The lowest BCUT2D eigenvalue weighted by Gasteiger charge is -2.08. The minimum Gasteiger partial charge on any atom is -0.505 e. The second kappa shape index (κ2) is 4.81. The van der Waals surface area contributed by atoms with Crippen molar-refractivity contribution in [1.82, 2.24) is 9.97 Å². The SMILES string of the molecule is O=c1[nH]c2cc(Cl)cnc2c(O)c1-c1ccccc1Cl. The third-order valence-electron chi connectivity index (χ3n) is 2.93. The second-order valence-electron chi connectivity index (χ2n) is 4.21. The fourth-order valence-corrected chi connectivity index (χ4v) is 2.44. The molecule has 4 nitrogen and oxygen atoms in total. The Morgan fingerprint density at radius 2 is 1.95 bits per heavy atom. The zero-order chi connectivity index (χ0) is 14.3. The van der Waals surface area contributed by atoms with Gasteiger partial charge in [0.1, 0.15) is 5.52 Å². The van der Waals surface area contributed by atoms with Crippen LogP contribution in [0.25, 0.3) is 22.2 Å². The third kappa shape index (κ3) is 2.03. The molecule has 0 aliphatic rings. The highest BCUT2D eigenvalue weighted by molar-refractivity contribution is 6.33. The number of nitrogens with zero attached hydrogens (tertiary/aromatic N) is 1. The summed E-state index contributed by atoms with van der Waals surface area (Å²) in [4.78, 5) is 18.9. The molecule has 6 heteroatoms. The first-order valence-corrected chi connectivity index (χ1v) is 6.49. The molecular formula is C14H8Cl2N2O2. The van der Waals surface area contributed by atoms with Gasteiger partial charge in [0, 0.05) is 16.8 Å². The molecule has 2 N–H and O–H groups in total. The van der Waals surface area contributed by atoms with Crippen molar-refractivity contribution in [3.63, 3.8) is 0 Å². The number of aromatic hydroxyl groups is 1. The average Bonchev–Trinajstić information content (AvgIpc) is 2.40. The summed E-state index contributed by atoms with van der Waals surface area (Å²) >= 11 is 11.9. The molecule has 20 heavy (non-hydrogen) atoms. The summed E-state index contributed by atoms with van der Waals surface area (Å²) in [5.41, 5.74) is 0.733. The van der Waals surface area contributed by atoms with E-state index in [0.29, 0.717) is 21.1 Å². The Balaban J connectivity index is 2.41. The molecule has 0 aliphatic heterocycles. The number of H-pyrrole nitrogens is 1. The van der Waals surface area contributed by atoms with E-state index in [1.807, 2.05) is 0 Å².